The Kier molecular flexibility index (Phi) is 8.09. The lowest BCUT2D eigenvalue weighted by Gasteiger charge is -2.27. The number of methoxy groups -OCH3 is 1. The summed E-state index contributed by atoms with van der Waals surface area (Å²) < 4.78 is 18.2. The van der Waals surface area contributed by atoms with Gasteiger partial charge in [0, 0.05) is 20.3 Å². The smallest absolute Gasteiger partial charge is 0.178 e. The Balaban J connectivity index is 2.99. The van der Waals surface area contributed by atoms with E-state index in [1.54, 1.807) is 13.3 Å². The average Bonchev–Trinajstić information content (AvgIpc) is 2.80. The van der Waals surface area contributed by atoms with Crippen molar-refractivity contribution in [2.45, 2.75) is 32.7 Å². The van der Waals surface area contributed by atoms with Crippen molar-refractivity contribution >= 4 is 11.6 Å². The van der Waals surface area contributed by atoms with Crippen LogP contribution in [0, 0.1) is 0 Å². The zero-order valence-corrected chi connectivity index (χ0v) is 13.3. The van der Waals surface area contributed by atoms with Gasteiger partial charge in [-0.05, 0) is 20.9 Å². The zero-order valence-electron chi connectivity index (χ0n) is 12.6. The second kappa shape index (κ2) is 9.31. The Hall–Kier alpha value is -0.660. The van der Waals surface area contributed by atoms with Gasteiger partial charge in [0.2, 0.25) is 0 Å². The predicted octanol–water partition coefficient (Wildman–Crippen LogP) is 1.84. The molecule has 1 unspecified atom stereocenters. The number of hydrogen-bond acceptors (Lipinski definition) is 5. The molecular weight excluding hydrogens is 282 g/mol. The maximum absolute atomic E-state index is 6.27. The second-order valence-corrected chi connectivity index (χ2v) is 4.55. The first-order valence-electron chi connectivity index (χ1n) is 6.80. The maximum Gasteiger partial charge on any atom is 0.178 e. The monoisotopic (exact) mass is 305 g/mol. The first kappa shape index (κ1) is 17.4. The lowest BCUT2D eigenvalue weighted by Crippen LogP contribution is -2.36. The molecule has 1 N–H and O–H groups in total. The summed E-state index contributed by atoms with van der Waals surface area (Å²) >= 11 is 6.27. The Bertz CT molecular complexity index is 381. The van der Waals surface area contributed by atoms with Crippen molar-refractivity contribution in [3.05, 3.63) is 16.9 Å². The molecule has 0 saturated heterocycles. The number of halogens is 1. The van der Waals surface area contributed by atoms with Gasteiger partial charge < -0.3 is 19.5 Å². The van der Waals surface area contributed by atoms with Crippen LogP contribution in [0.2, 0.25) is 5.02 Å². The normalized spacial score (nSPS) is 13.1. The second-order valence-electron chi connectivity index (χ2n) is 4.14. The van der Waals surface area contributed by atoms with Crippen molar-refractivity contribution in [3.8, 4) is 0 Å². The van der Waals surface area contributed by atoms with E-state index in [2.05, 4.69) is 10.4 Å². The Morgan fingerprint density at radius 2 is 2.00 bits per heavy atom. The highest BCUT2D eigenvalue weighted by molar-refractivity contribution is 6.31. The molecule has 0 aromatic carbocycles. The van der Waals surface area contributed by atoms with Gasteiger partial charge in [0.05, 0.1) is 30.1 Å². The molecule has 1 heterocycles. The molecule has 0 aliphatic carbocycles. The van der Waals surface area contributed by atoms with E-state index in [9.17, 15) is 0 Å². The fourth-order valence-electron chi connectivity index (χ4n) is 2.01. The maximum atomic E-state index is 6.27. The van der Waals surface area contributed by atoms with Crippen LogP contribution in [0.4, 0.5) is 0 Å². The number of rotatable bonds is 10. The van der Waals surface area contributed by atoms with Crippen molar-refractivity contribution in [2.75, 3.05) is 34.0 Å². The third-order valence-corrected chi connectivity index (χ3v) is 3.17. The minimum absolute atomic E-state index is 0.193. The average molecular weight is 306 g/mol. The molecular formula is C13H24ClN3O3. The summed E-state index contributed by atoms with van der Waals surface area (Å²) in [6.07, 6.45) is 1.22. The van der Waals surface area contributed by atoms with Crippen LogP contribution in [-0.2, 0) is 20.8 Å². The topological polar surface area (TPSA) is 57.5 Å². The predicted molar refractivity (Wildman–Crippen MR) is 78.0 cm³/mol. The Labute approximate surface area is 125 Å². The lowest BCUT2D eigenvalue weighted by molar-refractivity contribution is -0.155. The highest BCUT2D eigenvalue weighted by Crippen LogP contribution is 2.27. The van der Waals surface area contributed by atoms with Crippen molar-refractivity contribution < 1.29 is 14.2 Å². The number of aromatic nitrogens is 2. The van der Waals surface area contributed by atoms with Crippen molar-refractivity contribution in [2.24, 2.45) is 0 Å². The Morgan fingerprint density at radius 3 is 2.50 bits per heavy atom. The molecule has 0 aliphatic rings. The number of likely N-dealkylation sites (N-methyl/N-ethyl adjacent to an activating group) is 1. The van der Waals surface area contributed by atoms with Gasteiger partial charge in [0.15, 0.2) is 6.29 Å². The van der Waals surface area contributed by atoms with E-state index in [1.807, 2.05) is 25.6 Å². The molecule has 7 heteroatoms. The van der Waals surface area contributed by atoms with E-state index in [4.69, 9.17) is 25.8 Å². The molecule has 0 amide bonds. The summed E-state index contributed by atoms with van der Waals surface area (Å²) in [6, 6.07) is -0.193. The molecule has 0 spiro atoms. The van der Waals surface area contributed by atoms with Crippen LogP contribution >= 0.6 is 11.6 Å². The van der Waals surface area contributed by atoms with Crippen molar-refractivity contribution in [1.82, 2.24) is 15.1 Å². The molecule has 20 heavy (non-hydrogen) atoms. The first-order chi connectivity index (χ1) is 9.69. The van der Waals surface area contributed by atoms with Gasteiger partial charge in [-0.2, -0.15) is 5.10 Å². The van der Waals surface area contributed by atoms with Crippen LogP contribution in [0.1, 0.15) is 25.6 Å². The molecule has 1 aromatic heterocycles. The van der Waals surface area contributed by atoms with E-state index in [0.29, 0.717) is 31.4 Å². The third-order valence-electron chi connectivity index (χ3n) is 2.88. The molecule has 6 nitrogen and oxygen atoms in total. The molecule has 0 radical (unpaired) electrons. The molecule has 0 bridgehead atoms. The number of hydrogen-bond donors (Lipinski definition) is 1. The summed E-state index contributed by atoms with van der Waals surface area (Å²) in [7, 11) is 3.50. The van der Waals surface area contributed by atoms with Gasteiger partial charge in [-0.3, -0.25) is 4.68 Å². The van der Waals surface area contributed by atoms with Crippen molar-refractivity contribution in [3.63, 3.8) is 0 Å². The minimum Gasteiger partial charge on any atom is -0.383 e. The quantitative estimate of drug-likeness (QED) is 0.669. The van der Waals surface area contributed by atoms with E-state index in [0.717, 1.165) is 5.69 Å². The number of nitrogens with one attached hydrogen (secondary N) is 1. The van der Waals surface area contributed by atoms with Gasteiger partial charge in [-0.1, -0.05) is 11.6 Å². The summed E-state index contributed by atoms with van der Waals surface area (Å²) in [5, 5.41) is 8.06. The minimum atomic E-state index is -0.412. The Morgan fingerprint density at radius 1 is 1.35 bits per heavy atom. The summed E-state index contributed by atoms with van der Waals surface area (Å²) in [5.74, 6) is 0. The van der Waals surface area contributed by atoms with Crippen LogP contribution in [-0.4, -0.2) is 50.0 Å². The first-order valence-corrected chi connectivity index (χ1v) is 7.17. The SMILES string of the molecule is CCOC(OCC)C(NC)c1c(Cl)cnn1CCOC. The van der Waals surface area contributed by atoms with Gasteiger partial charge in [-0.15, -0.1) is 0 Å². The van der Waals surface area contributed by atoms with Crippen LogP contribution in [0.5, 0.6) is 0 Å². The van der Waals surface area contributed by atoms with Gasteiger partial charge in [0.25, 0.3) is 0 Å². The third kappa shape index (κ3) is 4.43. The molecule has 1 atom stereocenters. The number of ether oxygens (including phenoxy) is 3. The standard InChI is InChI=1S/C13H24ClN3O3/c1-5-19-13(20-6-2)11(15-3)12-10(14)9-16-17(12)7-8-18-4/h9,11,13,15H,5-8H2,1-4H3. The molecule has 1 aromatic rings. The molecule has 116 valence electrons. The summed E-state index contributed by atoms with van der Waals surface area (Å²) in [4.78, 5) is 0. The van der Waals surface area contributed by atoms with E-state index in [1.165, 1.54) is 0 Å². The van der Waals surface area contributed by atoms with Gasteiger partial charge in [0.1, 0.15) is 6.04 Å². The van der Waals surface area contributed by atoms with E-state index in [-0.39, 0.29) is 6.04 Å². The highest BCUT2D eigenvalue weighted by Gasteiger charge is 2.28. The van der Waals surface area contributed by atoms with E-state index >= 15 is 0 Å². The largest absolute Gasteiger partial charge is 0.383 e. The molecule has 0 aliphatic heterocycles. The van der Waals surface area contributed by atoms with Gasteiger partial charge >= 0.3 is 0 Å². The van der Waals surface area contributed by atoms with Crippen molar-refractivity contribution in [1.29, 1.82) is 0 Å². The van der Waals surface area contributed by atoms with Crippen LogP contribution in [0.3, 0.4) is 0 Å². The van der Waals surface area contributed by atoms with Crippen LogP contribution in [0.15, 0.2) is 6.20 Å². The fourth-order valence-corrected chi connectivity index (χ4v) is 2.27. The zero-order chi connectivity index (χ0) is 15.0. The summed E-state index contributed by atoms with van der Waals surface area (Å²) in [6.45, 7) is 6.18. The fraction of sp³-hybridized carbons (Fsp3) is 0.769. The highest BCUT2D eigenvalue weighted by atomic mass is 35.5. The van der Waals surface area contributed by atoms with Gasteiger partial charge in [-0.25, -0.2) is 0 Å². The molecule has 0 fully saturated rings. The lowest BCUT2D eigenvalue weighted by atomic mass is 10.2. The van der Waals surface area contributed by atoms with Crippen LogP contribution in [0.25, 0.3) is 0 Å². The summed E-state index contributed by atoms with van der Waals surface area (Å²) in [5.41, 5.74) is 0.845. The molecule has 0 saturated carbocycles. The molecule has 1 rings (SSSR count). The number of nitrogens with zero attached hydrogens (tertiary/aromatic N) is 2. The van der Waals surface area contributed by atoms with E-state index < -0.39 is 6.29 Å². The van der Waals surface area contributed by atoms with Crippen LogP contribution < -0.4 is 5.32 Å².